The van der Waals surface area contributed by atoms with E-state index in [-0.39, 0.29) is 0 Å². The maximum absolute atomic E-state index is 4.56. The summed E-state index contributed by atoms with van der Waals surface area (Å²) in [6.07, 6.45) is 10.4. The van der Waals surface area contributed by atoms with Crippen molar-refractivity contribution < 1.29 is 0 Å². The van der Waals surface area contributed by atoms with Crippen LogP contribution in [0.15, 0.2) is 99.1 Å². The molecule has 0 fully saturated rings. The van der Waals surface area contributed by atoms with Crippen molar-refractivity contribution in [1.82, 2.24) is 59.8 Å². The molecule has 0 amide bonds. The number of fused-ring (bicyclic) bond motifs is 2. The molecule has 2 aliphatic heterocycles. The molecule has 16 heteroatoms. The summed E-state index contributed by atoms with van der Waals surface area (Å²) in [5, 5.41) is 0. The SMILES string of the molecule is c1ccc2c(c1)N(c1ncncn1)C(C1N(c3ncncn3)c3ccccc3N1c1ncncn1)N2c1ncncn1. The molecule has 0 atom stereocenters. The lowest BCUT2D eigenvalue weighted by atomic mass is 10.2. The van der Waals surface area contributed by atoms with Gasteiger partial charge in [0.25, 0.3) is 0 Å². The summed E-state index contributed by atoms with van der Waals surface area (Å²) in [5.74, 6) is 1.67. The number of benzene rings is 2. The first-order chi connectivity index (χ1) is 20.9. The average molecular weight is 555 g/mol. The molecule has 0 spiro atoms. The molecule has 2 aliphatic rings. The van der Waals surface area contributed by atoms with Crippen LogP contribution in [0.5, 0.6) is 0 Å². The van der Waals surface area contributed by atoms with Crippen LogP contribution in [0.3, 0.4) is 0 Å². The van der Waals surface area contributed by atoms with Gasteiger partial charge >= 0.3 is 0 Å². The van der Waals surface area contributed by atoms with Gasteiger partial charge in [-0.15, -0.1) is 0 Å². The molecule has 16 nitrogen and oxygen atoms in total. The van der Waals surface area contributed by atoms with Crippen molar-refractivity contribution in [1.29, 1.82) is 0 Å². The maximum Gasteiger partial charge on any atom is 0.234 e. The molecule has 0 saturated heterocycles. The van der Waals surface area contributed by atoms with Crippen molar-refractivity contribution in [3.05, 3.63) is 99.1 Å². The van der Waals surface area contributed by atoms with E-state index >= 15 is 0 Å². The Balaban J connectivity index is 1.44. The number of aromatic nitrogens is 12. The van der Waals surface area contributed by atoms with Crippen LogP contribution in [0.25, 0.3) is 0 Å². The monoisotopic (exact) mass is 554 g/mol. The fraction of sp³-hybridized carbons (Fsp3) is 0.0769. The van der Waals surface area contributed by atoms with E-state index < -0.39 is 12.3 Å². The minimum Gasteiger partial charge on any atom is -0.283 e. The summed E-state index contributed by atoms with van der Waals surface area (Å²) in [6.45, 7) is 0. The van der Waals surface area contributed by atoms with E-state index in [1.807, 2.05) is 68.1 Å². The molecular formula is C26H18N16. The normalized spacial score (nSPS) is 14.8. The maximum atomic E-state index is 4.56. The summed E-state index contributed by atoms with van der Waals surface area (Å²) in [7, 11) is 0. The van der Waals surface area contributed by atoms with Crippen LogP contribution in [0, 0.1) is 0 Å². The third-order valence-electron chi connectivity index (χ3n) is 6.91. The van der Waals surface area contributed by atoms with Crippen molar-refractivity contribution >= 4 is 46.5 Å². The van der Waals surface area contributed by atoms with E-state index in [0.717, 1.165) is 22.7 Å². The molecule has 6 heterocycles. The molecule has 8 rings (SSSR count). The van der Waals surface area contributed by atoms with Crippen molar-refractivity contribution in [3.8, 4) is 0 Å². The van der Waals surface area contributed by atoms with Gasteiger partial charge in [-0.2, -0.15) is 0 Å². The summed E-state index contributed by atoms with van der Waals surface area (Å²) < 4.78 is 0. The Labute approximate surface area is 237 Å². The van der Waals surface area contributed by atoms with Crippen LogP contribution >= 0.6 is 0 Å². The van der Waals surface area contributed by atoms with Crippen molar-refractivity contribution in [2.75, 3.05) is 19.6 Å². The van der Waals surface area contributed by atoms with E-state index in [0.29, 0.717) is 23.8 Å². The molecular weight excluding hydrogens is 536 g/mol. The lowest BCUT2D eigenvalue weighted by Crippen LogP contribution is -2.59. The topological polar surface area (TPSA) is 168 Å². The second-order valence-electron chi connectivity index (χ2n) is 9.04. The fourth-order valence-corrected chi connectivity index (χ4v) is 5.41. The molecule has 0 aliphatic carbocycles. The smallest absolute Gasteiger partial charge is 0.234 e. The highest BCUT2D eigenvalue weighted by Gasteiger charge is 2.54. The molecule has 2 aromatic carbocycles. The number of nitrogens with zero attached hydrogens (tertiary/aromatic N) is 16. The summed E-state index contributed by atoms with van der Waals surface area (Å²) in [5.41, 5.74) is 3.32. The highest BCUT2D eigenvalue weighted by atomic mass is 15.6. The molecule has 0 saturated carbocycles. The standard InChI is InChI=1S/C26H18N16/c1-2-6-18-17(5-1)39(23-31-9-27-10-32-23)21(40(18)24-33-11-28-12-34-24)22-41(25-35-13-29-14-36-25)19-7-3-4-8-20(19)42(22)26-37-15-30-16-38-26/h1-16,21-22H. The Morgan fingerprint density at radius 3 is 0.762 bits per heavy atom. The van der Waals surface area contributed by atoms with E-state index in [9.17, 15) is 0 Å². The van der Waals surface area contributed by atoms with E-state index in [1.165, 1.54) is 50.6 Å². The van der Waals surface area contributed by atoms with Gasteiger partial charge in [0.05, 0.1) is 22.7 Å². The zero-order valence-corrected chi connectivity index (χ0v) is 21.5. The Bertz CT molecular complexity index is 1560. The predicted octanol–water partition coefficient (Wildman–Crippen LogP) is 2.36. The highest BCUT2D eigenvalue weighted by Crippen LogP contribution is 2.53. The second kappa shape index (κ2) is 9.70. The average Bonchev–Trinajstić information content (AvgIpc) is 3.59. The number of anilines is 8. The van der Waals surface area contributed by atoms with Gasteiger partial charge < -0.3 is 0 Å². The molecule has 42 heavy (non-hydrogen) atoms. The zero-order chi connectivity index (χ0) is 27.9. The second-order valence-corrected chi connectivity index (χ2v) is 9.04. The van der Waals surface area contributed by atoms with E-state index in [4.69, 9.17) is 0 Å². The minimum absolute atomic E-state index is 0.418. The zero-order valence-electron chi connectivity index (χ0n) is 21.5. The van der Waals surface area contributed by atoms with E-state index in [1.54, 1.807) is 0 Å². The van der Waals surface area contributed by atoms with E-state index in [2.05, 4.69) is 59.8 Å². The summed E-state index contributed by atoms with van der Waals surface area (Å²) in [6, 6.07) is 15.8. The first-order valence-electron chi connectivity index (χ1n) is 12.7. The number of hydrogen-bond acceptors (Lipinski definition) is 16. The first kappa shape index (κ1) is 23.6. The Morgan fingerprint density at radius 1 is 0.333 bits per heavy atom. The van der Waals surface area contributed by atoms with Gasteiger partial charge in [-0.3, -0.25) is 19.6 Å². The van der Waals surface area contributed by atoms with Gasteiger partial charge in [0, 0.05) is 0 Å². The molecule has 4 aromatic heterocycles. The van der Waals surface area contributed by atoms with Crippen LogP contribution in [-0.2, 0) is 0 Å². The van der Waals surface area contributed by atoms with Gasteiger partial charge in [0.2, 0.25) is 23.8 Å². The van der Waals surface area contributed by atoms with Gasteiger partial charge in [-0.1, -0.05) is 24.3 Å². The number of rotatable bonds is 5. The van der Waals surface area contributed by atoms with Crippen LogP contribution < -0.4 is 19.6 Å². The largest absolute Gasteiger partial charge is 0.283 e. The number of para-hydroxylation sites is 4. The van der Waals surface area contributed by atoms with Crippen LogP contribution in [0.2, 0.25) is 0 Å². The summed E-state index contributed by atoms with van der Waals surface area (Å²) >= 11 is 0. The molecule has 0 bridgehead atoms. The molecule has 0 N–H and O–H groups in total. The van der Waals surface area contributed by atoms with Crippen molar-refractivity contribution in [2.24, 2.45) is 0 Å². The van der Waals surface area contributed by atoms with Crippen LogP contribution in [-0.4, -0.2) is 72.1 Å². The Morgan fingerprint density at radius 2 is 0.548 bits per heavy atom. The minimum atomic E-state index is -0.631. The molecule has 0 radical (unpaired) electrons. The van der Waals surface area contributed by atoms with Gasteiger partial charge in [-0.25, -0.2) is 59.8 Å². The molecule has 202 valence electrons. The fourth-order valence-electron chi connectivity index (χ4n) is 5.41. The van der Waals surface area contributed by atoms with Crippen molar-refractivity contribution in [3.63, 3.8) is 0 Å². The van der Waals surface area contributed by atoms with Gasteiger partial charge in [0.1, 0.15) is 50.6 Å². The Kier molecular flexibility index (Phi) is 5.44. The van der Waals surface area contributed by atoms with Crippen LogP contribution in [0.1, 0.15) is 0 Å². The summed E-state index contributed by atoms with van der Waals surface area (Å²) in [4.78, 5) is 60.8. The third-order valence-corrected chi connectivity index (χ3v) is 6.91. The predicted molar refractivity (Wildman–Crippen MR) is 148 cm³/mol. The molecule has 6 aromatic rings. The highest BCUT2D eigenvalue weighted by molar-refractivity contribution is 5.91. The van der Waals surface area contributed by atoms with Gasteiger partial charge in [0.15, 0.2) is 12.3 Å². The van der Waals surface area contributed by atoms with Crippen molar-refractivity contribution in [2.45, 2.75) is 12.3 Å². The molecule has 0 unspecified atom stereocenters. The lowest BCUT2D eigenvalue weighted by Gasteiger charge is -2.41. The Hall–Kier alpha value is -6.32. The first-order valence-corrected chi connectivity index (χ1v) is 12.7. The lowest BCUT2D eigenvalue weighted by molar-refractivity contribution is 0.527. The number of hydrogen-bond donors (Lipinski definition) is 0. The van der Waals surface area contributed by atoms with Crippen LogP contribution in [0.4, 0.5) is 46.5 Å². The van der Waals surface area contributed by atoms with Gasteiger partial charge in [-0.05, 0) is 24.3 Å². The quantitative estimate of drug-likeness (QED) is 0.304. The third kappa shape index (κ3) is 3.62.